The summed E-state index contributed by atoms with van der Waals surface area (Å²) in [5.74, 6) is 0.275. The topological polar surface area (TPSA) is 51.5 Å². The fourth-order valence-corrected chi connectivity index (χ4v) is 1.91. The van der Waals surface area contributed by atoms with Gasteiger partial charge in [-0.25, -0.2) is 4.79 Å². The fraction of sp³-hybridized carbons (Fsp3) is 0.154. The van der Waals surface area contributed by atoms with Crippen molar-refractivity contribution in [1.29, 1.82) is 0 Å². The van der Waals surface area contributed by atoms with Crippen LogP contribution in [0, 0.1) is 0 Å². The molecule has 1 aromatic heterocycles. The summed E-state index contributed by atoms with van der Waals surface area (Å²) in [6.45, 7) is 0.500. The predicted octanol–water partition coefficient (Wildman–Crippen LogP) is 3.44. The van der Waals surface area contributed by atoms with E-state index in [9.17, 15) is 4.79 Å². The highest BCUT2D eigenvalue weighted by atomic mass is 79.9. The van der Waals surface area contributed by atoms with Crippen molar-refractivity contribution < 1.29 is 13.9 Å². The third kappa shape index (κ3) is 2.92. The molecule has 0 saturated heterocycles. The summed E-state index contributed by atoms with van der Waals surface area (Å²) in [5, 5.41) is 3.21. The molecule has 0 unspecified atom stereocenters. The van der Waals surface area contributed by atoms with Crippen molar-refractivity contribution in [3.63, 3.8) is 0 Å². The van der Waals surface area contributed by atoms with Gasteiger partial charge in [-0.2, -0.15) is 0 Å². The van der Waals surface area contributed by atoms with E-state index in [1.54, 1.807) is 6.07 Å². The van der Waals surface area contributed by atoms with Gasteiger partial charge in [0.15, 0.2) is 0 Å². The molecular formula is C13H12BrNO3. The highest BCUT2D eigenvalue weighted by Crippen LogP contribution is 2.22. The molecule has 1 heterocycles. The van der Waals surface area contributed by atoms with Gasteiger partial charge in [0.1, 0.15) is 12.0 Å². The number of para-hydroxylation sites is 1. The number of benzene rings is 1. The maximum atomic E-state index is 11.2. The van der Waals surface area contributed by atoms with Crippen LogP contribution in [0.15, 0.2) is 45.5 Å². The van der Waals surface area contributed by atoms with E-state index in [1.807, 2.05) is 24.3 Å². The maximum Gasteiger partial charge on any atom is 0.341 e. The second-order valence-corrected chi connectivity index (χ2v) is 4.48. The van der Waals surface area contributed by atoms with E-state index in [1.165, 1.54) is 13.4 Å². The number of carbonyl (C=O) groups excluding carboxylic acids is 1. The van der Waals surface area contributed by atoms with Crippen molar-refractivity contribution in [2.24, 2.45) is 0 Å². The summed E-state index contributed by atoms with van der Waals surface area (Å²) >= 11 is 3.44. The maximum absolute atomic E-state index is 11.2. The summed E-state index contributed by atoms with van der Waals surface area (Å²) in [4.78, 5) is 11.2. The number of esters is 1. The van der Waals surface area contributed by atoms with E-state index in [-0.39, 0.29) is 0 Å². The molecule has 2 aromatic rings. The van der Waals surface area contributed by atoms with E-state index < -0.39 is 5.97 Å². The van der Waals surface area contributed by atoms with Gasteiger partial charge in [-0.15, -0.1) is 0 Å². The van der Waals surface area contributed by atoms with Gasteiger partial charge in [0.25, 0.3) is 0 Å². The zero-order valence-corrected chi connectivity index (χ0v) is 11.4. The van der Waals surface area contributed by atoms with Crippen molar-refractivity contribution >= 4 is 27.6 Å². The number of furan rings is 1. The molecule has 5 heteroatoms. The van der Waals surface area contributed by atoms with Crippen LogP contribution in [-0.2, 0) is 11.3 Å². The molecule has 0 radical (unpaired) electrons. The quantitative estimate of drug-likeness (QED) is 0.879. The lowest BCUT2D eigenvalue weighted by atomic mass is 10.3. The Bertz CT molecular complexity index is 551. The molecule has 1 N–H and O–H groups in total. The molecule has 0 amide bonds. The SMILES string of the molecule is COC(=O)c1coc(CNc2ccccc2Br)c1. The molecule has 0 aliphatic carbocycles. The summed E-state index contributed by atoms with van der Waals surface area (Å²) < 4.78 is 10.9. The minimum atomic E-state index is -0.397. The van der Waals surface area contributed by atoms with Crippen LogP contribution in [-0.4, -0.2) is 13.1 Å². The number of hydrogen-bond donors (Lipinski definition) is 1. The number of ether oxygens (including phenoxy) is 1. The zero-order chi connectivity index (χ0) is 13.0. The van der Waals surface area contributed by atoms with Crippen molar-refractivity contribution in [1.82, 2.24) is 0 Å². The van der Waals surface area contributed by atoms with Crippen molar-refractivity contribution in [3.05, 3.63) is 52.4 Å². The summed E-state index contributed by atoms with van der Waals surface area (Å²) in [7, 11) is 1.34. The Morgan fingerprint density at radius 1 is 1.44 bits per heavy atom. The number of methoxy groups -OCH3 is 1. The lowest BCUT2D eigenvalue weighted by Crippen LogP contribution is -2.00. The van der Waals surface area contributed by atoms with E-state index in [0.29, 0.717) is 17.9 Å². The summed E-state index contributed by atoms with van der Waals surface area (Å²) in [6.07, 6.45) is 1.39. The summed E-state index contributed by atoms with van der Waals surface area (Å²) in [6, 6.07) is 9.45. The minimum Gasteiger partial charge on any atom is -0.467 e. The predicted molar refractivity (Wildman–Crippen MR) is 71.5 cm³/mol. The van der Waals surface area contributed by atoms with Crippen LogP contribution < -0.4 is 5.32 Å². The highest BCUT2D eigenvalue weighted by Gasteiger charge is 2.10. The largest absolute Gasteiger partial charge is 0.467 e. The van der Waals surface area contributed by atoms with Crippen LogP contribution >= 0.6 is 15.9 Å². The molecule has 4 nitrogen and oxygen atoms in total. The number of hydrogen-bond acceptors (Lipinski definition) is 4. The Labute approximate surface area is 113 Å². The van der Waals surface area contributed by atoms with Crippen molar-refractivity contribution in [2.45, 2.75) is 6.54 Å². The third-order valence-corrected chi connectivity index (χ3v) is 3.09. The number of nitrogens with one attached hydrogen (secondary N) is 1. The zero-order valence-electron chi connectivity index (χ0n) is 9.77. The van der Waals surface area contributed by atoms with Gasteiger partial charge in [0.05, 0.1) is 19.2 Å². The first-order valence-corrected chi connectivity index (χ1v) is 6.14. The van der Waals surface area contributed by atoms with E-state index in [2.05, 4.69) is 26.0 Å². The van der Waals surface area contributed by atoms with Crippen molar-refractivity contribution in [2.75, 3.05) is 12.4 Å². The Morgan fingerprint density at radius 3 is 2.94 bits per heavy atom. The first-order chi connectivity index (χ1) is 8.70. The molecular weight excluding hydrogens is 298 g/mol. The van der Waals surface area contributed by atoms with E-state index in [0.717, 1.165) is 10.2 Å². The average molecular weight is 310 g/mol. The summed E-state index contributed by atoms with van der Waals surface area (Å²) in [5.41, 5.74) is 1.38. The van der Waals surface area contributed by atoms with Crippen LogP contribution in [0.2, 0.25) is 0 Å². The Kier molecular flexibility index (Phi) is 4.04. The van der Waals surface area contributed by atoms with Gasteiger partial charge in [0, 0.05) is 10.2 Å². The minimum absolute atomic E-state index is 0.397. The number of halogens is 1. The van der Waals surface area contributed by atoms with Gasteiger partial charge >= 0.3 is 5.97 Å². The lowest BCUT2D eigenvalue weighted by molar-refractivity contribution is 0.0600. The highest BCUT2D eigenvalue weighted by molar-refractivity contribution is 9.10. The molecule has 0 atom stereocenters. The monoisotopic (exact) mass is 309 g/mol. The van der Waals surface area contributed by atoms with Crippen molar-refractivity contribution in [3.8, 4) is 0 Å². The van der Waals surface area contributed by atoms with Gasteiger partial charge < -0.3 is 14.5 Å². The molecule has 0 spiro atoms. The third-order valence-electron chi connectivity index (χ3n) is 2.40. The van der Waals surface area contributed by atoms with Crippen LogP contribution in [0.3, 0.4) is 0 Å². The number of carbonyl (C=O) groups is 1. The number of rotatable bonds is 4. The molecule has 0 aliphatic heterocycles. The van der Waals surface area contributed by atoms with E-state index in [4.69, 9.17) is 4.42 Å². The second kappa shape index (κ2) is 5.73. The molecule has 18 heavy (non-hydrogen) atoms. The first kappa shape index (κ1) is 12.7. The second-order valence-electron chi connectivity index (χ2n) is 3.63. The fourth-order valence-electron chi connectivity index (χ4n) is 1.49. The molecule has 1 aromatic carbocycles. The standard InChI is InChI=1S/C13H12BrNO3/c1-17-13(16)9-6-10(18-8-9)7-15-12-5-3-2-4-11(12)14/h2-6,8,15H,7H2,1H3. The lowest BCUT2D eigenvalue weighted by Gasteiger charge is -2.05. The smallest absolute Gasteiger partial charge is 0.341 e. The molecule has 0 saturated carbocycles. The first-order valence-electron chi connectivity index (χ1n) is 5.35. The Morgan fingerprint density at radius 2 is 2.22 bits per heavy atom. The van der Waals surface area contributed by atoms with Gasteiger partial charge in [-0.3, -0.25) is 0 Å². The van der Waals surface area contributed by atoms with Crippen LogP contribution in [0.1, 0.15) is 16.1 Å². The van der Waals surface area contributed by atoms with Gasteiger partial charge in [-0.05, 0) is 34.1 Å². The normalized spacial score (nSPS) is 10.1. The number of anilines is 1. The average Bonchev–Trinajstić information content (AvgIpc) is 2.86. The van der Waals surface area contributed by atoms with Crippen LogP contribution in [0.4, 0.5) is 5.69 Å². The van der Waals surface area contributed by atoms with Gasteiger partial charge in [-0.1, -0.05) is 12.1 Å². The Hall–Kier alpha value is -1.75. The van der Waals surface area contributed by atoms with Crippen LogP contribution in [0.5, 0.6) is 0 Å². The Balaban J connectivity index is 2.01. The molecule has 94 valence electrons. The van der Waals surface area contributed by atoms with E-state index >= 15 is 0 Å². The van der Waals surface area contributed by atoms with Gasteiger partial charge in [0.2, 0.25) is 0 Å². The molecule has 0 bridgehead atoms. The molecule has 0 fully saturated rings. The molecule has 0 aliphatic rings. The van der Waals surface area contributed by atoms with Crippen LogP contribution in [0.25, 0.3) is 0 Å². The molecule has 2 rings (SSSR count).